The van der Waals surface area contributed by atoms with Crippen LogP contribution in [0.25, 0.3) is 11.3 Å². The fourth-order valence-electron chi connectivity index (χ4n) is 2.45. The van der Waals surface area contributed by atoms with E-state index in [0.29, 0.717) is 12.5 Å². The Kier molecular flexibility index (Phi) is 2.99. The van der Waals surface area contributed by atoms with Crippen LogP contribution in [0.2, 0.25) is 0 Å². The molecule has 0 amide bonds. The number of hydrogen-bond acceptors (Lipinski definition) is 3. The van der Waals surface area contributed by atoms with Crippen molar-refractivity contribution in [2.45, 2.75) is 31.6 Å². The molecule has 0 aromatic carbocycles. The van der Waals surface area contributed by atoms with Crippen LogP contribution >= 0.6 is 11.3 Å². The first-order valence-electron chi connectivity index (χ1n) is 6.20. The fourth-order valence-corrected chi connectivity index (χ4v) is 3.09. The lowest BCUT2D eigenvalue weighted by Gasteiger charge is -2.25. The summed E-state index contributed by atoms with van der Waals surface area (Å²) in [6.07, 6.45) is 4.86. The van der Waals surface area contributed by atoms with Crippen LogP contribution in [0.1, 0.15) is 36.4 Å². The second-order valence-electron chi connectivity index (χ2n) is 4.64. The van der Waals surface area contributed by atoms with Crippen molar-refractivity contribution in [3.8, 4) is 11.3 Å². The second kappa shape index (κ2) is 4.63. The molecule has 90 valence electrons. The molecule has 0 radical (unpaired) electrons. The lowest BCUT2D eigenvalue weighted by molar-refractivity contribution is 0.408. The Bertz CT molecular complexity index is 483. The summed E-state index contributed by atoms with van der Waals surface area (Å²) in [5, 5.41) is 12.0. The van der Waals surface area contributed by atoms with Gasteiger partial charge < -0.3 is 5.73 Å². The van der Waals surface area contributed by atoms with Crippen molar-refractivity contribution in [1.82, 2.24) is 10.2 Å². The van der Waals surface area contributed by atoms with Crippen molar-refractivity contribution in [3.05, 3.63) is 28.1 Å². The SMILES string of the molecule is NCCc1c(-c2ccsc2)n[nH]c1C1CCC1. The largest absolute Gasteiger partial charge is 0.330 e. The molecule has 0 aliphatic heterocycles. The number of nitrogens with one attached hydrogen (secondary N) is 1. The average Bonchev–Trinajstić information content (AvgIpc) is 2.86. The van der Waals surface area contributed by atoms with E-state index in [4.69, 9.17) is 5.73 Å². The highest BCUT2D eigenvalue weighted by Gasteiger charge is 2.26. The number of hydrogen-bond donors (Lipinski definition) is 2. The maximum absolute atomic E-state index is 5.73. The zero-order chi connectivity index (χ0) is 11.7. The summed E-state index contributed by atoms with van der Waals surface area (Å²) < 4.78 is 0. The Labute approximate surface area is 105 Å². The third-order valence-corrected chi connectivity index (χ3v) is 4.28. The molecule has 0 spiro atoms. The summed E-state index contributed by atoms with van der Waals surface area (Å²) in [5.74, 6) is 0.691. The fraction of sp³-hybridized carbons (Fsp3) is 0.462. The van der Waals surface area contributed by atoms with Gasteiger partial charge in [0.1, 0.15) is 0 Å². The highest BCUT2D eigenvalue weighted by atomic mass is 32.1. The predicted octanol–water partition coefficient (Wildman–Crippen LogP) is 2.91. The molecular weight excluding hydrogens is 230 g/mol. The van der Waals surface area contributed by atoms with Crippen molar-refractivity contribution in [2.75, 3.05) is 6.54 Å². The van der Waals surface area contributed by atoms with E-state index >= 15 is 0 Å². The second-order valence-corrected chi connectivity index (χ2v) is 5.42. The van der Waals surface area contributed by atoms with Crippen LogP contribution in [0.5, 0.6) is 0 Å². The van der Waals surface area contributed by atoms with Gasteiger partial charge in [-0.05, 0) is 37.3 Å². The summed E-state index contributed by atoms with van der Waals surface area (Å²) in [4.78, 5) is 0. The number of H-pyrrole nitrogens is 1. The summed E-state index contributed by atoms with van der Waals surface area (Å²) in [6.45, 7) is 0.691. The van der Waals surface area contributed by atoms with E-state index in [1.807, 2.05) is 0 Å². The van der Waals surface area contributed by atoms with Gasteiger partial charge in [-0.15, -0.1) is 0 Å². The molecule has 0 atom stereocenters. The zero-order valence-electron chi connectivity index (χ0n) is 9.78. The van der Waals surface area contributed by atoms with Gasteiger partial charge in [-0.1, -0.05) is 6.42 Å². The molecule has 3 nitrogen and oxygen atoms in total. The van der Waals surface area contributed by atoms with Crippen LogP contribution in [-0.2, 0) is 6.42 Å². The standard InChI is InChI=1S/C13H17N3S/c14-6-4-11-12(9-2-1-3-9)15-16-13(11)10-5-7-17-8-10/h5,7-9H,1-4,6,14H2,(H,15,16). The first kappa shape index (κ1) is 11.0. The quantitative estimate of drug-likeness (QED) is 0.872. The number of rotatable bonds is 4. The van der Waals surface area contributed by atoms with Gasteiger partial charge in [0.15, 0.2) is 0 Å². The van der Waals surface area contributed by atoms with Gasteiger partial charge in [0.05, 0.1) is 5.69 Å². The van der Waals surface area contributed by atoms with Crippen molar-refractivity contribution in [3.63, 3.8) is 0 Å². The number of aromatic nitrogens is 2. The summed E-state index contributed by atoms with van der Waals surface area (Å²) in [5.41, 5.74) is 10.7. The molecule has 3 rings (SSSR count). The lowest BCUT2D eigenvalue weighted by Crippen LogP contribution is -2.13. The smallest absolute Gasteiger partial charge is 0.0964 e. The summed E-state index contributed by atoms with van der Waals surface area (Å²) in [7, 11) is 0. The normalized spacial score (nSPS) is 16.1. The topological polar surface area (TPSA) is 54.7 Å². The lowest BCUT2D eigenvalue weighted by atomic mass is 9.80. The van der Waals surface area contributed by atoms with Gasteiger partial charge >= 0.3 is 0 Å². The minimum absolute atomic E-state index is 0.691. The molecule has 1 aliphatic rings. The van der Waals surface area contributed by atoms with E-state index in [-0.39, 0.29) is 0 Å². The molecule has 3 N–H and O–H groups in total. The van der Waals surface area contributed by atoms with Crippen molar-refractivity contribution in [2.24, 2.45) is 5.73 Å². The van der Waals surface area contributed by atoms with E-state index in [0.717, 1.165) is 12.1 Å². The van der Waals surface area contributed by atoms with Crippen molar-refractivity contribution < 1.29 is 0 Å². The number of thiophene rings is 1. The molecule has 2 aromatic rings. The van der Waals surface area contributed by atoms with Crippen LogP contribution in [0, 0.1) is 0 Å². The van der Waals surface area contributed by atoms with E-state index in [1.54, 1.807) is 11.3 Å². The summed E-state index contributed by atoms with van der Waals surface area (Å²) >= 11 is 1.71. The molecule has 17 heavy (non-hydrogen) atoms. The third kappa shape index (κ3) is 1.91. The van der Waals surface area contributed by atoms with E-state index in [9.17, 15) is 0 Å². The molecule has 2 heterocycles. The minimum Gasteiger partial charge on any atom is -0.330 e. The third-order valence-electron chi connectivity index (χ3n) is 3.60. The highest BCUT2D eigenvalue weighted by molar-refractivity contribution is 7.08. The Morgan fingerprint density at radius 3 is 2.94 bits per heavy atom. The first-order valence-corrected chi connectivity index (χ1v) is 7.14. The van der Waals surface area contributed by atoms with Crippen LogP contribution in [0.15, 0.2) is 16.8 Å². The number of nitrogens with two attached hydrogens (primary N) is 1. The molecule has 1 aliphatic carbocycles. The van der Waals surface area contributed by atoms with Gasteiger partial charge in [0.25, 0.3) is 0 Å². The van der Waals surface area contributed by atoms with Crippen LogP contribution in [-0.4, -0.2) is 16.7 Å². The summed E-state index contributed by atoms with van der Waals surface area (Å²) in [6, 6.07) is 2.13. The average molecular weight is 247 g/mol. The highest BCUT2D eigenvalue weighted by Crippen LogP contribution is 2.39. The Balaban J connectivity index is 2.00. The maximum Gasteiger partial charge on any atom is 0.0964 e. The molecule has 4 heteroatoms. The minimum atomic E-state index is 0.691. The van der Waals surface area contributed by atoms with Gasteiger partial charge in [0, 0.05) is 28.1 Å². The zero-order valence-corrected chi connectivity index (χ0v) is 10.6. The first-order chi connectivity index (χ1) is 8.40. The molecule has 0 saturated heterocycles. The van der Waals surface area contributed by atoms with Crippen molar-refractivity contribution in [1.29, 1.82) is 0 Å². The van der Waals surface area contributed by atoms with Gasteiger partial charge in [-0.2, -0.15) is 16.4 Å². The Morgan fingerprint density at radius 2 is 2.35 bits per heavy atom. The van der Waals surface area contributed by atoms with Gasteiger partial charge in [-0.3, -0.25) is 5.10 Å². The molecule has 0 unspecified atom stereocenters. The molecule has 2 aromatic heterocycles. The predicted molar refractivity (Wildman–Crippen MR) is 71.3 cm³/mol. The molecule has 0 bridgehead atoms. The van der Waals surface area contributed by atoms with Gasteiger partial charge in [0.2, 0.25) is 0 Å². The molecule has 1 saturated carbocycles. The van der Waals surface area contributed by atoms with E-state index < -0.39 is 0 Å². The van der Waals surface area contributed by atoms with Crippen molar-refractivity contribution >= 4 is 11.3 Å². The number of nitrogens with zero attached hydrogens (tertiary/aromatic N) is 1. The van der Waals surface area contributed by atoms with Crippen LogP contribution < -0.4 is 5.73 Å². The van der Waals surface area contributed by atoms with E-state index in [2.05, 4.69) is 27.0 Å². The monoisotopic (exact) mass is 247 g/mol. The molecule has 1 fully saturated rings. The molecular formula is C13H17N3S. The van der Waals surface area contributed by atoms with Crippen LogP contribution in [0.3, 0.4) is 0 Å². The van der Waals surface area contributed by atoms with E-state index in [1.165, 1.54) is 36.1 Å². The number of aromatic amines is 1. The Hall–Kier alpha value is -1.13. The van der Waals surface area contributed by atoms with Crippen LogP contribution in [0.4, 0.5) is 0 Å². The maximum atomic E-state index is 5.73. The van der Waals surface area contributed by atoms with Gasteiger partial charge in [-0.25, -0.2) is 0 Å². The Morgan fingerprint density at radius 1 is 1.47 bits per heavy atom.